The Kier molecular flexibility index (Phi) is 6.00. The molecule has 106 valence electrons. The van der Waals surface area contributed by atoms with E-state index in [9.17, 15) is 18.0 Å². The van der Waals surface area contributed by atoms with Crippen molar-refractivity contribution in [1.82, 2.24) is 5.32 Å². The molecule has 1 aromatic rings. The lowest BCUT2D eigenvalue weighted by atomic mass is 10.2. The van der Waals surface area contributed by atoms with E-state index in [1.807, 2.05) is 17.4 Å². The molecular weight excluding hydrogens is 299 g/mol. The molecule has 1 unspecified atom stereocenters. The highest BCUT2D eigenvalue weighted by molar-refractivity contribution is 7.99. The van der Waals surface area contributed by atoms with Gasteiger partial charge < -0.3 is 5.32 Å². The second-order valence-electron chi connectivity index (χ2n) is 3.91. The van der Waals surface area contributed by atoms with Crippen LogP contribution in [0.25, 0.3) is 0 Å². The van der Waals surface area contributed by atoms with Gasteiger partial charge in [0.25, 0.3) is 0 Å². The number of amides is 1. The van der Waals surface area contributed by atoms with E-state index in [1.165, 1.54) is 11.8 Å². The van der Waals surface area contributed by atoms with E-state index in [2.05, 4.69) is 0 Å². The van der Waals surface area contributed by atoms with Gasteiger partial charge in [0, 0.05) is 10.8 Å². The first-order valence-electron chi connectivity index (χ1n) is 5.48. The van der Waals surface area contributed by atoms with E-state index in [1.54, 1.807) is 19.1 Å². The molecule has 0 heterocycles. The van der Waals surface area contributed by atoms with E-state index in [0.717, 1.165) is 5.56 Å². The summed E-state index contributed by atoms with van der Waals surface area (Å²) in [5.74, 6) is -0.0751. The molecule has 0 saturated carbocycles. The molecule has 19 heavy (non-hydrogen) atoms. The van der Waals surface area contributed by atoms with Crippen molar-refractivity contribution >= 4 is 29.3 Å². The molecule has 1 aromatic carbocycles. The van der Waals surface area contributed by atoms with Gasteiger partial charge in [-0.25, -0.2) is 0 Å². The SMILES string of the molecule is CC(SCc1ccc(Cl)cc1)C(=O)NCC(F)(F)F. The van der Waals surface area contributed by atoms with Crippen LogP contribution < -0.4 is 5.32 Å². The second kappa shape index (κ2) is 7.05. The minimum Gasteiger partial charge on any atom is -0.346 e. The van der Waals surface area contributed by atoms with Crippen LogP contribution in [0.5, 0.6) is 0 Å². The van der Waals surface area contributed by atoms with Gasteiger partial charge >= 0.3 is 6.18 Å². The molecule has 1 atom stereocenters. The third kappa shape index (κ3) is 6.73. The van der Waals surface area contributed by atoms with Gasteiger partial charge in [0.15, 0.2) is 0 Å². The monoisotopic (exact) mass is 311 g/mol. The van der Waals surface area contributed by atoms with Crippen LogP contribution >= 0.6 is 23.4 Å². The highest BCUT2D eigenvalue weighted by Crippen LogP contribution is 2.20. The van der Waals surface area contributed by atoms with Crippen molar-refractivity contribution in [2.45, 2.75) is 24.1 Å². The third-order valence-electron chi connectivity index (χ3n) is 2.25. The van der Waals surface area contributed by atoms with Gasteiger partial charge in [0.2, 0.25) is 5.91 Å². The summed E-state index contributed by atoms with van der Waals surface area (Å²) >= 11 is 7.00. The van der Waals surface area contributed by atoms with E-state index in [0.29, 0.717) is 10.8 Å². The molecule has 0 fully saturated rings. The number of carbonyl (C=O) groups excluding carboxylic acids is 1. The lowest BCUT2D eigenvalue weighted by Crippen LogP contribution is -2.38. The van der Waals surface area contributed by atoms with Crippen molar-refractivity contribution < 1.29 is 18.0 Å². The van der Waals surface area contributed by atoms with E-state index < -0.39 is 23.9 Å². The number of halogens is 4. The van der Waals surface area contributed by atoms with Gasteiger partial charge in [0.1, 0.15) is 6.54 Å². The summed E-state index contributed by atoms with van der Waals surface area (Å²) in [6.45, 7) is 0.282. The number of nitrogens with one attached hydrogen (secondary N) is 1. The van der Waals surface area contributed by atoms with Crippen LogP contribution in [-0.4, -0.2) is 23.9 Å². The van der Waals surface area contributed by atoms with Gasteiger partial charge in [-0.2, -0.15) is 13.2 Å². The van der Waals surface area contributed by atoms with Crippen LogP contribution in [-0.2, 0) is 10.5 Å². The number of carbonyl (C=O) groups is 1. The quantitative estimate of drug-likeness (QED) is 0.899. The largest absolute Gasteiger partial charge is 0.405 e. The maximum Gasteiger partial charge on any atom is 0.405 e. The molecule has 1 amide bonds. The number of rotatable bonds is 5. The molecule has 0 spiro atoms. The molecular formula is C12H13ClF3NOS. The fraction of sp³-hybridized carbons (Fsp3) is 0.417. The lowest BCUT2D eigenvalue weighted by molar-refractivity contribution is -0.137. The molecule has 0 aliphatic rings. The molecule has 0 aliphatic carbocycles. The van der Waals surface area contributed by atoms with Crippen molar-refractivity contribution in [1.29, 1.82) is 0 Å². The molecule has 7 heteroatoms. The normalized spacial score (nSPS) is 13.1. The third-order valence-corrected chi connectivity index (χ3v) is 3.71. The Morgan fingerprint density at radius 2 is 1.95 bits per heavy atom. The second-order valence-corrected chi connectivity index (χ2v) is 5.68. The molecule has 0 aliphatic heterocycles. The number of thioether (sulfide) groups is 1. The van der Waals surface area contributed by atoms with Crippen molar-refractivity contribution in [3.05, 3.63) is 34.9 Å². The molecule has 0 aromatic heterocycles. The Morgan fingerprint density at radius 3 is 2.47 bits per heavy atom. The zero-order chi connectivity index (χ0) is 14.5. The maximum absolute atomic E-state index is 11.9. The fourth-order valence-corrected chi connectivity index (χ4v) is 2.20. The van der Waals surface area contributed by atoms with Crippen LogP contribution in [0, 0.1) is 0 Å². The van der Waals surface area contributed by atoms with Crippen molar-refractivity contribution in [3.8, 4) is 0 Å². The topological polar surface area (TPSA) is 29.1 Å². The Bertz CT molecular complexity index is 422. The average Bonchev–Trinajstić information content (AvgIpc) is 2.34. The molecule has 2 nitrogen and oxygen atoms in total. The van der Waals surface area contributed by atoms with Crippen molar-refractivity contribution in [2.24, 2.45) is 0 Å². The lowest BCUT2D eigenvalue weighted by Gasteiger charge is -2.13. The van der Waals surface area contributed by atoms with Gasteiger partial charge in [0.05, 0.1) is 5.25 Å². The van der Waals surface area contributed by atoms with Crippen LogP contribution in [0.3, 0.4) is 0 Å². The number of alkyl halides is 3. The van der Waals surface area contributed by atoms with Crippen molar-refractivity contribution in [2.75, 3.05) is 6.54 Å². The van der Waals surface area contributed by atoms with Crippen molar-refractivity contribution in [3.63, 3.8) is 0 Å². The number of hydrogen-bond acceptors (Lipinski definition) is 2. The maximum atomic E-state index is 11.9. The molecule has 1 N–H and O–H groups in total. The Balaban J connectivity index is 2.36. The zero-order valence-electron chi connectivity index (χ0n) is 10.1. The average molecular weight is 312 g/mol. The van der Waals surface area contributed by atoms with Crippen LogP contribution in [0.4, 0.5) is 13.2 Å². The summed E-state index contributed by atoms with van der Waals surface area (Å²) in [5, 5.41) is 1.93. The van der Waals surface area contributed by atoms with Gasteiger partial charge in [-0.15, -0.1) is 11.8 Å². The summed E-state index contributed by atoms with van der Waals surface area (Å²) in [6.07, 6.45) is -4.38. The molecule has 0 saturated heterocycles. The summed E-state index contributed by atoms with van der Waals surface area (Å²) < 4.78 is 35.8. The highest BCUT2D eigenvalue weighted by Gasteiger charge is 2.28. The molecule has 0 radical (unpaired) electrons. The first-order valence-corrected chi connectivity index (χ1v) is 6.91. The Hall–Kier alpha value is -0.880. The predicted molar refractivity (Wildman–Crippen MR) is 71.3 cm³/mol. The molecule has 0 bridgehead atoms. The number of benzene rings is 1. The van der Waals surface area contributed by atoms with Gasteiger partial charge in [-0.1, -0.05) is 23.7 Å². The smallest absolute Gasteiger partial charge is 0.346 e. The van der Waals surface area contributed by atoms with Crippen LogP contribution in [0.1, 0.15) is 12.5 Å². The standard InChI is InChI=1S/C12H13ClF3NOS/c1-8(11(18)17-7-12(14,15)16)19-6-9-2-4-10(13)5-3-9/h2-5,8H,6-7H2,1H3,(H,17,18). The molecule has 1 rings (SSSR count). The first-order chi connectivity index (χ1) is 8.78. The van der Waals surface area contributed by atoms with E-state index in [-0.39, 0.29) is 0 Å². The summed E-state index contributed by atoms with van der Waals surface area (Å²) in [7, 11) is 0. The summed E-state index contributed by atoms with van der Waals surface area (Å²) in [5.41, 5.74) is 0.963. The summed E-state index contributed by atoms with van der Waals surface area (Å²) in [6, 6.07) is 7.09. The highest BCUT2D eigenvalue weighted by atomic mass is 35.5. The van der Waals surface area contributed by atoms with Crippen LogP contribution in [0.15, 0.2) is 24.3 Å². The van der Waals surface area contributed by atoms with Gasteiger partial charge in [-0.3, -0.25) is 4.79 Å². The fourth-order valence-electron chi connectivity index (χ4n) is 1.21. The van der Waals surface area contributed by atoms with Crippen LogP contribution in [0.2, 0.25) is 5.02 Å². The minimum absolute atomic E-state index is 0.539. The summed E-state index contributed by atoms with van der Waals surface area (Å²) in [4.78, 5) is 11.4. The predicted octanol–water partition coefficient (Wildman–Crippen LogP) is 3.64. The Morgan fingerprint density at radius 1 is 1.37 bits per heavy atom. The zero-order valence-corrected chi connectivity index (χ0v) is 11.7. The van der Waals surface area contributed by atoms with E-state index >= 15 is 0 Å². The Labute approximate surface area is 118 Å². The van der Waals surface area contributed by atoms with E-state index in [4.69, 9.17) is 11.6 Å². The number of hydrogen-bond donors (Lipinski definition) is 1. The minimum atomic E-state index is -4.38. The van der Waals surface area contributed by atoms with Gasteiger partial charge in [-0.05, 0) is 24.6 Å². The first kappa shape index (κ1) is 16.2.